The van der Waals surface area contributed by atoms with Gasteiger partial charge in [0.1, 0.15) is 0 Å². The number of aromatic nitrogens is 1. The van der Waals surface area contributed by atoms with Crippen LogP contribution in [0.2, 0.25) is 0 Å². The highest BCUT2D eigenvalue weighted by Gasteiger charge is 2.30. The Balaban J connectivity index is 1.89. The highest BCUT2D eigenvalue weighted by atomic mass is 32.2. The summed E-state index contributed by atoms with van der Waals surface area (Å²) in [5.41, 5.74) is 1.20. The standard InChI is InChI=1S/C16H20N2O2S/c1-17-16(9-12-6-8-21(19,20)11-12)14-4-2-3-13-5-7-18-10-15(13)14/h2-5,7,10,12,16-17H,6,8-9,11H2,1H3. The van der Waals surface area contributed by atoms with Crippen LogP contribution >= 0.6 is 0 Å². The molecule has 1 aliphatic heterocycles. The third-order valence-electron chi connectivity index (χ3n) is 4.34. The molecule has 1 aromatic carbocycles. The third-order valence-corrected chi connectivity index (χ3v) is 6.17. The maximum absolute atomic E-state index is 11.6. The normalized spacial score (nSPS) is 22.4. The van der Waals surface area contributed by atoms with E-state index < -0.39 is 9.84 Å². The largest absolute Gasteiger partial charge is 0.313 e. The molecular weight excluding hydrogens is 284 g/mol. The molecule has 0 spiro atoms. The van der Waals surface area contributed by atoms with Crippen molar-refractivity contribution in [1.29, 1.82) is 0 Å². The van der Waals surface area contributed by atoms with Crippen LogP contribution in [0.15, 0.2) is 36.7 Å². The van der Waals surface area contributed by atoms with Crippen LogP contribution in [0.4, 0.5) is 0 Å². The smallest absolute Gasteiger partial charge is 0.150 e. The van der Waals surface area contributed by atoms with E-state index in [1.54, 1.807) is 6.20 Å². The molecule has 0 aliphatic carbocycles. The van der Waals surface area contributed by atoms with Crippen molar-refractivity contribution in [3.63, 3.8) is 0 Å². The first-order chi connectivity index (χ1) is 10.1. The lowest BCUT2D eigenvalue weighted by atomic mass is 9.92. The number of nitrogens with one attached hydrogen (secondary N) is 1. The summed E-state index contributed by atoms with van der Waals surface area (Å²) in [6, 6.07) is 8.40. The minimum atomic E-state index is -2.81. The van der Waals surface area contributed by atoms with Gasteiger partial charge in [0.2, 0.25) is 0 Å². The number of pyridine rings is 1. The summed E-state index contributed by atoms with van der Waals surface area (Å²) in [7, 11) is -0.880. The Hall–Kier alpha value is -1.46. The van der Waals surface area contributed by atoms with E-state index in [-0.39, 0.29) is 12.0 Å². The number of sulfone groups is 1. The van der Waals surface area contributed by atoms with E-state index in [2.05, 4.69) is 22.4 Å². The summed E-state index contributed by atoms with van der Waals surface area (Å²) in [4.78, 5) is 4.22. The number of hydrogen-bond acceptors (Lipinski definition) is 4. The van der Waals surface area contributed by atoms with Crippen LogP contribution in [0.5, 0.6) is 0 Å². The second kappa shape index (κ2) is 5.73. The Morgan fingerprint density at radius 3 is 2.95 bits per heavy atom. The maximum atomic E-state index is 11.6. The molecule has 2 atom stereocenters. The second-order valence-corrected chi connectivity index (χ2v) is 8.02. The summed E-state index contributed by atoms with van der Waals surface area (Å²) in [5.74, 6) is 0.915. The third kappa shape index (κ3) is 3.09. The Bertz CT molecular complexity index is 738. The van der Waals surface area contributed by atoms with Crippen molar-refractivity contribution >= 4 is 20.6 Å². The van der Waals surface area contributed by atoms with Crippen molar-refractivity contribution < 1.29 is 8.42 Å². The van der Waals surface area contributed by atoms with Gasteiger partial charge in [0.05, 0.1) is 11.5 Å². The molecule has 5 heteroatoms. The molecule has 1 fully saturated rings. The summed E-state index contributed by atoms with van der Waals surface area (Å²) in [5, 5.41) is 5.65. The average Bonchev–Trinajstić information content (AvgIpc) is 2.83. The number of hydrogen-bond donors (Lipinski definition) is 1. The summed E-state index contributed by atoms with van der Waals surface area (Å²) >= 11 is 0. The second-order valence-electron chi connectivity index (χ2n) is 5.79. The molecule has 1 aliphatic rings. The monoisotopic (exact) mass is 304 g/mol. The zero-order valence-electron chi connectivity index (χ0n) is 12.1. The molecule has 21 heavy (non-hydrogen) atoms. The van der Waals surface area contributed by atoms with Crippen LogP contribution < -0.4 is 5.32 Å². The predicted octanol–water partition coefficient (Wildman–Crippen LogP) is 2.32. The lowest BCUT2D eigenvalue weighted by Gasteiger charge is -2.21. The van der Waals surface area contributed by atoms with Gasteiger partial charge < -0.3 is 5.32 Å². The van der Waals surface area contributed by atoms with Crippen LogP contribution in [0.1, 0.15) is 24.4 Å². The number of benzene rings is 1. The van der Waals surface area contributed by atoms with E-state index in [0.29, 0.717) is 11.5 Å². The molecule has 2 aromatic rings. The first-order valence-electron chi connectivity index (χ1n) is 7.29. The van der Waals surface area contributed by atoms with Crippen LogP contribution in [-0.2, 0) is 9.84 Å². The molecule has 1 N–H and O–H groups in total. The molecule has 4 nitrogen and oxygen atoms in total. The fourth-order valence-corrected chi connectivity index (χ4v) is 5.11. The highest BCUT2D eigenvalue weighted by Crippen LogP contribution is 2.31. The van der Waals surface area contributed by atoms with Gasteiger partial charge in [-0.15, -0.1) is 0 Å². The van der Waals surface area contributed by atoms with Gasteiger partial charge in [0, 0.05) is 23.8 Å². The van der Waals surface area contributed by atoms with E-state index in [4.69, 9.17) is 0 Å². The summed E-state index contributed by atoms with van der Waals surface area (Å²) in [6.45, 7) is 0. The molecule has 2 heterocycles. The summed E-state index contributed by atoms with van der Waals surface area (Å²) in [6.07, 6.45) is 5.32. The fourth-order valence-electron chi connectivity index (χ4n) is 3.23. The SMILES string of the molecule is CNC(CC1CCS(=O)(=O)C1)c1cccc2ccncc12. The van der Waals surface area contributed by atoms with Crippen molar-refractivity contribution in [2.24, 2.45) is 5.92 Å². The Kier molecular flexibility index (Phi) is 3.95. The topological polar surface area (TPSA) is 59.1 Å². The number of rotatable bonds is 4. The zero-order valence-corrected chi connectivity index (χ0v) is 12.9. The van der Waals surface area contributed by atoms with E-state index >= 15 is 0 Å². The quantitative estimate of drug-likeness (QED) is 0.942. The minimum Gasteiger partial charge on any atom is -0.313 e. The van der Waals surface area contributed by atoms with Crippen LogP contribution in [0, 0.1) is 5.92 Å². The van der Waals surface area contributed by atoms with Crippen molar-refractivity contribution in [2.45, 2.75) is 18.9 Å². The van der Waals surface area contributed by atoms with Gasteiger partial charge in [-0.05, 0) is 42.8 Å². The van der Waals surface area contributed by atoms with E-state index in [1.165, 1.54) is 10.9 Å². The molecule has 2 unspecified atom stereocenters. The van der Waals surface area contributed by atoms with Crippen molar-refractivity contribution in [1.82, 2.24) is 10.3 Å². The van der Waals surface area contributed by atoms with E-state index in [9.17, 15) is 8.42 Å². The molecule has 0 amide bonds. The Morgan fingerprint density at radius 1 is 1.38 bits per heavy atom. The minimum absolute atomic E-state index is 0.163. The number of fused-ring (bicyclic) bond motifs is 1. The van der Waals surface area contributed by atoms with Gasteiger partial charge >= 0.3 is 0 Å². The lowest BCUT2D eigenvalue weighted by Crippen LogP contribution is -2.21. The number of nitrogens with zero attached hydrogens (tertiary/aromatic N) is 1. The Labute approximate surface area is 125 Å². The molecular formula is C16H20N2O2S. The van der Waals surface area contributed by atoms with Gasteiger partial charge in [-0.25, -0.2) is 8.42 Å². The van der Waals surface area contributed by atoms with Gasteiger partial charge in [0.25, 0.3) is 0 Å². The van der Waals surface area contributed by atoms with Crippen LogP contribution in [0.25, 0.3) is 10.8 Å². The zero-order chi connectivity index (χ0) is 14.9. The molecule has 0 saturated carbocycles. The van der Waals surface area contributed by atoms with E-state index in [1.807, 2.05) is 25.4 Å². The molecule has 1 aromatic heterocycles. The van der Waals surface area contributed by atoms with Gasteiger partial charge in [0.15, 0.2) is 9.84 Å². The van der Waals surface area contributed by atoms with Gasteiger partial charge in [-0.2, -0.15) is 0 Å². The van der Waals surface area contributed by atoms with Crippen LogP contribution in [0.3, 0.4) is 0 Å². The van der Waals surface area contributed by atoms with Gasteiger partial charge in [-0.3, -0.25) is 4.98 Å². The van der Waals surface area contributed by atoms with Crippen molar-refractivity contribution in [3.05, 3.63) is 42.2 Å². The maximum Gasteiger partial charge on any atom is 0.150 e. The molecule has 112 valence electrons. The lowest BCUT2D eigenvalue weighted by molar-refractivity contribution is 0.439. The molecule has 0 bridgehead atoms. The van der Waals surface area contributed by atoms with Crippen LogP contribution in [-0.4, -0.2) is 32.0 Å². The highest BCUT2D eigenvalue weighted by molar-refractivity contribution is 7.91. The fraction of sp³-hybridized carbons (Fsp3) is 0.438. The first-order valence-corrected chi connectivity index (χ1v) is 9.11. The first kappa shape index (κ1) is 14.5. The molecule has 0 radical (unpaired) electrons. The van der Waals surface area contributed by atoms with E-state index in [0.717, 1.165) is 18.2 Å². The van der Waals surface area contributed by atoms with Crippen molar-refractivity contribution in [3.8, 4) is 0 Å². The predicted molar refractivity (Wildman–Crippen MR) is 84.9 cm³/mol. The summed E-state index contributed by atoms with van der Waals surface area (Å²) < 4.78 is 23.3. The molecule has 1 saturated heterocycles. The molecule has 3 rings (SSSR count). The Morgan fingerprint density at radius 2 is 2.24 bits per heavy atom. The average molecular weight is 304 g/mol. The van der Waals surface area contributed by atoms with Crippen molar-refractivity contribution in [2.75, 3.05) is 18.6 Å². The van der Waals surface area contributed by atoms with Gasteiger partial charge in [-0.1, -0.05) is 18.2 Å².